The summed E-state index contributed by atoms with van der Waals surface area (Å²) in [7, 11) is 0. The lowest BCUT2D eigenvalue weighted by Crippen LogP contribution is -2.24. The van der Waals surface area contributed by atoms with Crippen LogP contribution in [0.1, 0.15) is 23.1 Å². The molecule has 0 aliphatic rings. The molecule has 0 saturated heterocycles. The number of rotatable bonds is 6. The number of carbonyl (C=O) groups is 1. The van der Waals surface area contributed by atoms with Crippen LogP contribution in [-0.2, 0) is 6.54 Å². The van der Waals surface area contributed by atoms with Crippen molar-refractivity contribution >= 4 is 5.78 Å². The van der Waals surface area contributed by atoms with E-state index in [1.807, 2.05) is 17.7 Å². The maximum atomic E-state index is 11.5. The average Bonchev–Trinajstić information content (AvgIpc) is 2.82. The standard InChI is InChI=1S/C15H18N2O3/c1-11(18)14-5-3-4-6-15(14)20-10-13(19)9-17-8-7-16-12(17)2/h3-8,13,19H,9-10H2,1-2H3/t13-/m0/s1. The summed E-state index contributed by atoms with van der Waals surface area (Å²) in [6.45, 7) is 3.90. The predicted molar refractivity (Wildman–Crippen MR) is 74.9 cm³/mol. The van der Waals surface area contributed by atoms with E-state index in [4.69, 9.17) is 4.74 Å². The van der Waals surface area contributed by atoms with Gasteiger partial charge in [-0.15, -0.1) is 0 Å². The van der Waals surface area contributed by atoms with Crippen molar-refractivity contribution in [3.05, 3.63) is 48.0 Å². The van der Waals surface area contributed by atoms with Crippen molar-refractivity contribution < 1.29 is 14.6 Å². The van der Waals surface area contributed by atoms with Crippen molar-refractivity contribution in [1.29, 1.82) is 0 Å². The summed E-state index contributed by atoms with van der Waals surface area (Å²) >= 11 is 0. The molecule has 1 aromatic carbocycles. The lowest BCUT2D eigenvalue weighted by atomic mass is 10.1. The minimum Gasteiger partial charge on any atom is -0.490 e. The summed E-state index contributed by atoms with van der Waals surface area (Å²) in [6, 6.07) is 7.03. The first kappa shape index (κ1) is 14.3. The first-order chi connectivity index (χ1) is 9.58. The largest absolute Gasteiger partial charge is 0.490 e. The Kier molecular flexibility index (Phi) is 4.53. The molecule has 0 radical (unpaired) electrons. The lowest BCUT2D eigenvalue weighted by Gasteiger charge is -2.15. The number of aryl methyl sites for hydroxylation is 1. The van der Waals surface area contributed by atoms with E-state index in [0.29, 0.717) is 17.9 Å². The van der Waals surface area contributed by atoms with Crippen molar-refractivity contribution in [2.24, 2.45) is 0 Å². The number of Topliss-reactive ketones (excluding diaryl/α,β-unsaturated/α-hetero) is 1. The third-order valence-corrected chi connectivity index (χ3v) is 3.03. The second-order valence-corrected chi connectivity index (χ2v) is 4.64. The Morgan fingerprint density at radius 1 is 1.45 bits per heavy atom. The van der Waals surface area contributed by atoms with Gasteiger partial charge in [0, 0.05) is 12.4 Å². The van der Waals surface area contributed by atoms with Gasteiger partial charge in [-0.25, -0.2) is 4.98 Å². The Hall–Kier alpha value is -2.14. The van der Waals surface area contributed by atoms with E-state index in [1.54, 1.807) is 30.5 Å². The van der Waals surface area contributed by atoms with Crippen LogP contribution >= 0.6 is 0 Å². The van der Waals surface area contributed by atoms with Crippen LogP contribution in [0.4, 0.5) is 0 Å². The molecule has 5 heteroatoms. The Labute approximate surface area is 117 Å². The van der Waals surface area contributed by atoms with Gasteiger partial charge in [-0.2, -0.15) is 0 Å². The molecular weight excluding hydrogens is 256 g/mol. The predicted octanol–water partition coefficient (Wildman–Crippen LogP) is 1.83. The molecule has 0 bridgehead atoms. The molecule has 2 aromatic rings. The Morgan fingerprint density at radius 2 is 2.20 bits per heavy atom. The summed E-state index contributed by atoms with van der Waals surface area (Å²) in [4.78, 5) is 15.5. The number of benzene rings is 1. The van der Waals surface area contributed by atoms with Crippen LogP contribution in [0.5, 0.6) is 5.75 Å². The monoisotopic (exact) mass is 274 g/mol. The molecule has 106 valence electrons. The fourth-order valence-electron chi connectivity index (χ4n) is 1.95. The van der Waals surface area contributed by atoms with Crippen LogP contribution in [0.3, 0.4) is 0 Å². The topological polar surface area (TPSA) is 64.3 Å². The Morgan fingerprint density at radius 3 is 2.85 bits per heavy atom. The van der Waals surface area contributed by atoms with E-state index in [9.17, 15) is 9.90 Å². The van der Waals surface area contributed by atoms with Crippen LogP contribution < -0.4 is 4.74 Å². The molecule has 1 N–H and O–H groups in total. The van der Waals surface area contributed by atoms with Crippen molar-refractivity contribution in [3.8, 4) is 5.75 Å². The second-order valence-electron chi connectivity index (χ2n) is 4.64. The smallest absolute Gasteiger partial charge is 0.163 e. The number of carbonyl (C=O) groups excluding carboxylic acids is 1. The van der Waals surface area contributed by atoms with Crippen molar-refractivity contribution in [3.63, 3.8) is 0 Å². The molecule has 0 unspecified atom stereocenters. The number of para-hydroxylation sites is 1. The van der Waals surface area contributed by atoms with Crippen molar-refractivity contribution in [2.45, 2.75) is 26.5 Å². The Balaban J connectivity index is 1.95. The molecule has 0 aliphatic carbocycles. The summed E-state index contributed by atoms with van der Waals surface area (Å²) in [6.07, 6.45) is 2.83. The Bertz CT molecular complexity index is 592. The summed E-state index contributed by atoms with van der Waals surface area (Å²) < 4.78 is 7.40. The zero-order valence-corrected chi connectivity index (χ0v) is 11.6. The zero-order valence-electron chi connectivity index (χ0n) is 11.6. The highest BCUT2D eigenvalue weighted by atomic mass is 16.5. The highest BCUT2D eigenvalue weighted by Crippen LogP contribution is 2.18. The number of nitrogens with zero attached hydrogens (tertiary/aromatic N) is 2. The molecule has 1 atom stereocenters. The third kappa shape index (κ3) is 3.45. The first-order valence-corrected chi connectivity index (χ1v) is 6.46. The van der Waals surface area contributed by atoms with Gasteiger partial charge >= 0.3 is 0 Å². The van der Waals surface area contributed by atoms with Gasteiger partial charge in [0.2, 0.25) is 0 Å². The number of ether oxygens (including phenoxy) is 1. The van der Waals surface area contributed by atoms with Gasteiger partial charge in [-0.3, -0.25) is 4.79 Å². The van der Waals surface area contributed by atoms with Crippen molar-refractivity contribution in [2.75, 3.05) is 6.61 Å². The molecule has 20 heavy (non-hydrogen) atoms. The number of aliphatic hydroxyl groups is 1. The molecule has 5 nitrogen and oxygen atoms in total. The number of aliphatic hydroxyl groups excluding tert-OH is 1. The lowest BCUT2D eigenvalue weighted by molar-refractivity contribution is 0.0892. The van der Waals surface area contributed by atoms with Crippen LogP contribution in [0, 0.1) is 6.92 Å². The van der Waals surface area contributed by atoms with Crippen LogP contribution in [-0.4, -0.2) is 33.2 Å². The maximum absolute atomic E-state index is 11.5. The second kappa shape index (κ2) is 6.34. The van der Waals surface area contributed by atoms with E-state index in [0.717, 1.165) is 5.82 Å². The van der Waals surface area contributed by atoms with Crippen molar-refractivity contribution in [1.82, 2.24) is 9.55 Å². The SMILES string of the molecule is CC(=O)c1ccccc1OC[C@@H](O)Cn1ccnc1C. The summed E-state index contributed by atoms with van der Waals surface area (Å²) in [5.41, 5.74) is 0.526. The first-order valence-electron chi connectivity index (χ1n) is 6.46. The molecule has 0 fully saturated rings. The highest BCUT2D eigenvalue weighted by molar-refractivity contribution is 5.96. The number of aromatic nitrogens is 2. The maximum Gasteiger partial charge on any atom is 0.163 e. The quantitative estimate of drug-likeness (QED) is 0.816. The molecule has 1 aromatic heterocycles. The van der Waals surface area contributed by atoms with Gasteiger partial charge in [-0.05, 0) is 26.0 Å². The third-order valence-electron chi connectivity index (χ3n) is 3.03. The van der Waals surface area contributed by atoms with E-state index in [-0.39, 0.29) is 12.4 Å². The van der Waals surface area contributed by atoms with Gasteiger partial charge in [0.1, 0.15) is 24.3 Å². The molecule has 0 spiro atoms. The van der Waals surface area contributed by atoms with E-state index >= 15 is 0 Å². The summed E-state index contributed by atoms with van der Waals surface area (Å²) in [5.74, 6) is 1.29. The number of ketones is 1. The van der Waals surface area contributed by atoms with Gasteiger partial charge in [0.25, 0.3) is 0 Å². The molecule has 2 rings (SSSR count). The van der Waals surface area contributed by atoms with E-state index < -0.39 is 6.10 Å². The van der Waals surface area contributed by atoms with Gasteiger partial charge in [-0.1, -0.05) is 12.1 Å². The summed E-state index contributed by atoms with van der Waals surface area (Å²) in [5, 5.41) is 9.98. The number of hydrogen-bond acceptors (Lipinski definition) is 4. The van der Waals surface area contributed by atoms with Gasteiger partial charge < -0.3 is 14.4 Å². The van der Waals surface area contributed by atoms with Crippen LogP contribution in [0.25, 0.3) is 0 Å². The van der Waals surface area contributed by atoms with Gasteiger partial charge in [0.05, 0.1) is 12.1 Å². The highest BCUT2D eigenvalue weighted by Gasteiger charge is 2.11. The van der Waals surface area contributed by atoms with Crippen LogP contribution in [0.15, 0.2) is 36.7 Å². The minimum absolute atomic E-state index is 0.0551. The van der Waals surface area contributed by atoms with E-state index in [1.165, 1.54) is 6.92 Å². The fraction of sp³-hybridized carbons (Fsp3) is 0.333. The molecule has 0 saturated carbocycles. The minimum atomic E-state index is -0.664. The number of imidazole rings is 1. The van der Waals surface area contributed by atoms with Gasteiger partial charge in [0.15, 0.2) is 5.78 Å². The molecule has 0 amide bonds. The average molecular weight is 274 g/mol. The number of hydrogen-bond donors (Lipinski definition) is 1. The normalized spacial score (nSPS) is 12.2. The molecule has 0 aliphatic heterocycles. The van der Waals surface area contributed by atoms with E-state index in [2.05, 4.69) is 4.98 Å². The zero-order chi connectivity index (χ0) is 14.5. The fourth-order valence-corrected chi connectivity index (χ4v) is 1.95. The molecular formula is C15H18N2O3. The van der Waals surface area contributed by atoms with Crippen LogP contribution in [0.2, 0.25) is 0 Å². The molecule has 1 heterocycles.